The third-order valence-corrected chi connectivity index (χ3v) is 9.69. The van der Waals surface area contributed by atoms with Crippen molar-refractivity contribution >= 4 is 32.7 Å². The molecule has 1 aromatic heterocycles. The van der Waals surface area contributed by atoms with E-state index < -0.39 is 5.60 Å². The molecule has 0 saturated heterocycles. The quantitative estimate of drug-likeness (QED) is 0.0741. The summed E-state index contributed by atoms with van der Waals surface area (Å²) in [7, 11) is 1.67. The van der Waals surface area contributed by atoms with Crippen molar-refractivity contribution in [1.82, 2.24) is 9.97 Å². The maximum absolute atomic E-state index is 6.94. The van der Waals surface area contributed by atoms with Crippen molar-refractivity contribution in [2.75, 3.05) is 25.6 Å². The Kier molecular flexibility index (Phi) is 12.4. The zero-order valence-corrected chi connectivity index (χ0v) is 31.2. The summed E-state index contributed by atoms with van der Waals surface area (Å²) in [5.41, 5.74) is 4.70. The molecule has 0 fully saturated rings. The number of hydrogen-bond donors (Lipinski definition) is 1. The number of aryl methyl sites for hydroxylation is 1. The van der Waals surface area contributed by atoms with Crippen LogP contribution in [0.2, 0.25) is 0 Å². The second-order valence-corrected chi connectivity index (χ2v) is 13.7. The predicted molar refractivity (Wildman–Crippen MR) is 211 cm³/mol. The van der Waals surface area contributed by atoms with Crippen molar-refractivity contribution in [2.45, 2.75) is 57.6 Å². The largest absolute Gasteiger partial charge is 0.493 e. The molecule has 0 amide bonds. The Morgan fingerprint density at radius 3 is 1.84 bits per heavy atom. The number of methoxy groups -OCH3 is 1. The van der Waals surface area contributed by atoms with E-state index in [2.05, 4.69) is 131 Å². The average molecular weight is 745 g/mol. The van der Waals surface area contributed by atoms with Gasteiger partial charge >= 0.3 is 0 Å². The molecular formula is C44H46BrN3O3. The number of rotatable bonds is 17. The molecule has 0 aliphatic carbocycles. The Balaban J connectivity index is 1.03. The first kappa shape index (κ1) is 36.1. The van der Waals surface area contributed by atoms with Gasteiger partial charge in [0.25, 0.3) is 0 Å². The van der Waals surface area contributed by atoms with E-state index in [4.69, 9.17) is 24.2 Å². The van der Waals surface area contributed by atoms with E-state index >= 15 is 0 Å². The molecule has 0 saturated carbocycles. The van der Waals surface area contributed by atoms with Crippen LogP contribution < -0.4 is 14.8 Å². The van der Waals surface area contributed by atoms with Crippen LogP contribution in [0, 0.1) is 6.92 Å². The second-order valence-electron chi connectivity index (χ2n) is 12.8. The summed E-state index contributed by atoms with van der Waals surface area (Å²) in [5, 5.41) is 4.47. The zero-order chi connectivity index (χ0) is 35.5. The molecule has 0 spiro atoms. The predicted octanol–water partition coefficient (Wildman–Crippen LogP) is 11.2. The molecule has 7 heteroatoms. The highest BCUT2D eigenvalue weighted by Gasteiger charge is 2.37. The minimum absolute atomic E-state index is 0.0487. The van der Waals surface area contributed by atoms with Crippen molar-refractivity contribution in [3.05, 3.63) is 160 Å². The maximum atomic E-state index is 6.94. The summed E-state index contributed by atoms with van der Waals surface area (Å²) in [4.78, 5) is 9.45. The fourth-order valence-corrected chi connectivity index (χ4v) is 7.03. The lowest BCUT2D eigenvalue weighted by Gasteiger charge is -2.36. The van der Waals surface area contributed by atoms with Crippen LogP contribution >= 0.6 is 15.9 Å². The van der Waals surface area contributed by atoms with E-state index in [0.29, 0.717) is 30.5 Å². The van der Waals surface area contributed by atoms with Gasteiger partial charge in [-0.1, -0.05) is 138 Å². The lowest BCUT2D eigenvalue weighted by Crippen LogP contribution is -2.33. The van der Waals surface area contributed by atoms with Crippen LogP contribution in [0.5, 0.6) is 11.5 Å². The highest BCUT2D eigenvalue weighted by molar-refractivity contribution is 9.10. The van der Waals surface area contributed by atoms with Crippen LogP contribution in [-0.4, -0.2) is 30.3 Å². The number of aromatic nitrogens is 2. The Hall–Kier alpha value is -4.72. The molecule has 1 heterocycles. The number of unbranched alkanes of at least 4 members (excludes halogenated alkanes) is 4. The van der Waals surface area contributed by atoms with Gasteiger partial charge in [0.1, 0.15) is 17.2 Å². The molecule has 0 aliphatic heterocycles. The van der Waals surface area contributed by atoms with Gasteiger partial charge in [-0.15, -0.1) is 0 Å². The molecule has 0 unspecified atom stereocenters. The van der Waals surface area contributed by atoms with E-state index in [1.54, 1.807) is 7.11 Å². The van der Waals surface area contributed by atoms with Crippen LogP contribution in [0.15, 0.2) is 132 Å². The van der Waals surface area contributed by atoms with Crippen LogP contribution in [-0.2, 0) is 10.3 Å². The molecule has 6 nitrogen and oxygen atoms in total. The van der Waals surface area contributed by atoms with E-state index in [1.165, 1.54) is 0 Å². The summed E-state index contributed by atoms with van der Waals surface area (Å²) in [6.45, 7) is 5.30. The van der Waals surface area contributed by atoms with Crippen LogP contribution in [0.3, 0.4) is 0 Å². The minimum Gasteiger partial charge on any atom is -0.493 e. The van der Waals surface area contributed by atoms with Crippen LogP contribution in [0.4, 0.5) is 5.82 Å². The second kappa shape index (κ2) is 17.5. The van der Waals surface area contributed by atoms with Gasteiger partial charge in [0, 0.05) is 22.5 Å². The van der Waals surface area contributed by atoms with E-state index in [0.717, 1.165) is 75.6 Å². The van der Waals surface area contributed by atoms with Gasteiger partial charge < -0.3 is 19.5 Å². The van der Waals surface area contributed by atoms with Gasteiger partial charge in [0.2, 0.25) is 0 Å². The van der Waals surface area contributed by atoms with Gasteiger partial charge in [-0.3, -0.25) is 0 Å². The third-order valence-electron chi connectivity index (χ3n) is 9.20. The van der Waals surface area contributed by atoms with Gasteiger partial charge in [-0.05, 0) is 67.1 Å². The van der Waals surface area contributed by atoms with Gasteiger partial charge in [-0.25, -0.2) is 9.97 Å². The standard InChI is InChI=1S/C44H46BrN3O3/c1-32(34-19-18-26-38(45)29-34)46-43-39-30-41(49-3)42(31-40(39)47-33(2)48-43)50-27-16-5-4-6-17-28-51-44(35-20-10-7-11-21-35,36-22-12-8-13-23-36)37-24-14-9-15-25-37/h7-15,18-26,29-32H,4-6,16-17,27-28H2,1-3H3,(H,46,47,48)/t32-/m1/s1. The molecule has 0 radical (unpaired) electrons. The molecule has 262 valence electrons. The van der Waals surface area contributed by atoms with E-state index in [1.807, 2.05) is 31.2 Å². The molecule has 0 bridgehead atoms. The van der Waals surface area contributed by atoms with Crippen molar-refractivity contribution in [3.8, 4) is 11.5 Å². The Labute approximate surface area is 310 Å². The highest BCUT2D eigenvalue weighted by Crippen LogP contribution is 2.41. The van der Waals surface area contributed by atoms with Gasteiger partial charge in [0.05, 0.1) is 25.3 Å². The molecule has 0 aliphatic rings. The summed E-state index contributed by atoms with van der Waals surface area (Å²) in [5.74, 6) is 2.83. The SMILES string of the molecule is COc1cc2c(N[C@H](C)c3cccc(Br)c3)nc(C)nc2cc1OCCCCCCCOC(c1ccccc1)(c1ccccc1)c1ccccc1. The molecule has 1 N–H and O–H groups in total. The van der Waals surface area contributed by atoms with Crippen LogP contribution in [0.25, 0.3) is 10.9 Å². The fraction of sp³-hybridized carbons (Fsp3) is 0.273. The lowest BCUT2D eigenvalue weighted by molar-refractivity contribution is 0.0106. The minimum atomic E-state index is -0.672. The number of anilines is 1. The molecule has 1 atom stereocenters. The van der Waals surface area contributed by atoms with Gasteiger partial charge in [0.15, 0.2) is 11.5 Å². The summed E-state index contributed by atoms with van der Waals surface area (Å²) in [6, 6.07) is 44.0. The average Bonchev–Trinajstić information content (AvgIpc) is 3.16. The Morgan fingerprint density at radius 2 is 1.25 bits per heavy atom. The van der Waals surface area contributed by atoms with Crippen molar-refractivity contribution in [1.29, 1.82) is 0 Å². The Morgan fingerprint density at radius 1 is 0.667 bits per heavy atom. The smallest absolute Gasteiger partial charge is 0.163 e. The van der Waals surface area contributed by atoms with Crippen LogP contribution in [0.1, 0.15) is 73.1 Å². The molecule has 51 heavy (non-hydrogen) atoms. The summed E-state index contributed by atoms with van der Waals surface area (Å²) >= 11 is 3.58. The first-order chi connectivity index (χ1) is 25.0. The molecule has 5 aromatic carbocycles. The number of ether oxygens (including phenoxy) is 3. The molecule has 6 aromatic rings. The first-order valence-corrected chi connectivity index (χ1v) is 18.6. The van der Waals surface area contributed by atoms with Crippen molar-refractivity contribution < 1.29 is 14.2 Å². The third kappa shape index (κ3) is 8.78. The van der Waals surface area contributed by atoms with E-state index in [9.17, 15) is 0 Å². The van der Waals surface area contributed by atoms with E-state index in [-0.39, 0.29) is 6.04 Å². The molecular weight excluding hydrogens is 698 g/mol. The topological polar surface area (TPSA) is 65.5 Å². The maximum Gasteiger partial charge on any atom is 0.163 e. The lowest BCUT2D eigenvalue weighted by atomic mass is 9.80. The number of benzene rings is 5. The number of hydrogen-bond acceptors (Lipinski definition) is 6. The number of fused-ring (bicyclic) bond motifs is 1. The summed E-state index contributed by atoms with van der Waals surface area (Å²) in [6.07, 6.45) is 5.18. The Bertz CT molecular complexity index is 1890. The summed E-state index contributed by atoms with van der Waals surface area (Å²) < 4.78 is 20.0. The van der Waals surface area contributed by atoms with Gasteiger partial charge in [-0.2, -0.15) is 0 Å². The first-order valence-electron chi connectivity index (χ1n) is 17.8. The zero-order valence-electron chi connectivity index (χ0n) is 29.6. The fourth-order valence-electron chi connectivity index (χ4n) is 6.61. The number of nitrogens with zero attached hydrogens (tertiary/aromatic N) is 2. The van der Waals surface area contributed by atoms with Crippen molar-refractivity contribution in [3.63, 3.8) is 0 Å². The monoisotopic (exact) mass is 743 g/mol. The van der Waals surface area contributed by atoms with Crippen molar-refractivity contribution in [2.24, 2.45) is 0 Å². The highest BCUT2D eigenvalue weighted by atomic mass is 79.9. The number of halogens is 1. The normalized spacial score (nSPS) is 12.1. The number of nitrogens with one attached hydrogen (secondary N) is 1. The molecule has 6 rings (SSSR count).